The van der Waals surface area contributed by atoms with E-state index in [4.69, 9.17) is 5.11 Å². The molecule has 1 saturated carbocycles. The van der Waals surface area contributed by atoms with E-state index in [0.717, 1.165) is 19.3 Å². The molecule has 4 nitrogen and oxygen atoms in total. The van der Waals surface area contributed by atoms with Gasteiger partial charge in [-0.25, -0.2) is 4.79 Å². The first-order chi connectivity index (χ1) is 6.18. The molecule has 1 aliphatic carbocycles. The van der Waals surface area contributed by atoms with Gasteiger partial charge in [-0.2, -0.15) is 0 Å². The lowest BCUT2D eigenvalue weighted by Gasteiger charge is -2.35. The molecular weight excluding hydrogens is 170 g/mol. The van der Waals surface area contributed by atoms with Crippen LogP contribution < -0.4 is 0 Å². The number of amides is 1. The van der Waals surface area contributed by atoms with E-state index in [1.807, 2.05) is 0 Å². The number of hydrogen-bond donors (Lipinski definition) is 2. The van der Waals surface area contributed by atoms with Crippen LogP contribution in [-0.2, 0) is 0 Å². The molecule has 0 aromatic carbocycles. The van der Waals surface area contributed by atoms with E-state index < -0.39 is 6.09 Å². The smallest absolute Gasteiger partial charge is 0.407 e. The zero-order chi connectivity index (χ0) is 9.42. The summed E-state index contributed by atoms with van der Waals surface area (Å²) >= 11 is 0. The van der Waals surface area contributed by atoms with E-state index in [9.17, 15) is 9.90 Å². The Hall–Kier alpha value is -0.770. The summed E-state index contributed by atoms with van der Waals surface area (Å²) in [6, 6.07) is 0.0845. The predicted octanol–water partition coefficient (Wildman–Crippen LogP) is 0.900. The van der Waals surface area contributed by atoms with Gasteiger partial charge >= 0.3 is 6.09 Å². The highest BCUT2D eigenvalue weighted by Gasteiger charge is 2.41. The topological polar surface area (TPSA) is 60.8 Å². The lowest BCUT2D eigenvalue weighted by atomic mass is 9.92. The second-order valence-corrected chi connectivity index (χ2v) is 4.07. The van der Waals surface area contributed by atoms with Gasteiger partial charge in [0.25, 0.3) is 0 Å². The molecule has 1 heterocycles. The molecule has 2 N–H and O–H groups in total. The van der Waals surface area contributed by atoms with Crippen molar-refractivity contribution in [2.45, 2.75) is 37.8 Å². The Kier molecular flexibility index (Phi) is 2.15. The number of carboxylic acid groups (broad SMARTS) is 1. The quantitative estimate of drug-likeness (QED) is 0.589. The SMILES string of the molecule is O=C(O)N1CCC[C@H]2CC(O)C[C@H]21. The molecule has 1 saturated heterocycles. The van der Waals surface area contributed by atoms with Gasteiger partial charge < -0.3 is 15.1 Å². The van der Waals surface area contributed by atoms with Crippen LogP contribution in [0.3, 0.4) is 0 Å². The van der Waals surface area contributed by atoms with Crippen molar-refractivity contribution in [3.05, 3.63) is 0 Å². The van der Waals surface area contributed by atoms with Gasteiger partial charge in [-0.05, 0) is 31.6 Å². The molecule has 1 amide bonds. The van der Waals surface area contributed by atoms with Crippen LogP contribution in [0, 0.1) is 5.92 Å². The third kappa shape index (κ3) is 1.50. The van der Waals surface area contributed by atoms with E-state index >= 15 is 0 Å². The predicted molar refractivity (Wildman–Crippen MR) is 46.5 cm³/mol. The molecule has 0 spiro atoms. The molecule has 2 rings (SSSR count). The molecule has 74 valence electrons. The monoisotopic (exact) mass is 185 g/mol. The number of nitrogens with zero attached hydrogens (tertiary/aromatic N) is 1. The largest absolute Gasteiger partial charge is 0.465 e. The van der Waals surface area contributed by atoms with Gasteiger partial charge in [-0.1, -0.05) is 0 Å². The fourth-order valence-electron chi connectivity index (χ4n) is 2.69. The second kappa shape index (κ2) is 3.18. The maximum atomic E-state index is 10.8. The molecule has 13 heavy (non-hydrogen) atoms. The molecule has 0 radical (unpaired) electrons. The summed E-state index contributed by atoms with van der Waals surface area (Å²) in [5, 5.41) is 18.4. The lowest BCUT2D eigenvalue weighted by molar-refractivity contribution is 0.0887. The summed E-state index contributed by atoms with van der Waals surface area (Å²) in [4.78, 5) is 12.4. The average Bonchev–Trinajstić information content (AvgIpc) is 2.43. The van der Waals surface area contributed by atoms with Gasteiger partial charge in [0.15, 0.2) is 0 Å². The summed E-state index contributed by atoms with van der Waals surface area (Å²) in [5.74, 6) is 0.403. The third-order valence-electron chi connectivity index (χ3n) is 3.25. The van der Waals surface area contributed by atoms with Crippen LogP contribution in [0.5, 0.6) is 0 Å². The maximum absolute atomic E-state index is 10.8. The van der Waals surface area contributed by atoms with E-state index in [-0.39, 0.29) is 12.1 Å². The van der Waals surface area contributed by atoms with Crippen molar-refractivity contribution in [3.63, 3.8) is 0 Å². The van der Waals surface area contributed by atoms with Gasteiger partial charge in [0.1, 0.15) is 0 Å². The van der Waals surface area contributed by atoms with Gasteiger partial charge in [0.2, 0.25) is 0 Å². The zero-order valence-corrected chi connectivity index (χ0v) is 7.52. The first-order valence-corrected chi connectivity index (χ1v) is 4.86. The van der Waals surface area contributed by atoms with Crippen LogP contribution in [0.15, 0.2) is 0 Å². The number of piperidine rings is 1. The number of rotatable bonds is 0. The molecule has 2 aliphatic rings. The minimum Gasteiger partial charge on any atom is -0.465 e. The van der Waals surface area contributed by atoms with Crippen molar-refractivity contribution in [1.82, 2.24) is 4.90 Å². The fraction of sp³-hybridized carbons (Fsp3) is 0.889. The van der Waals surface area contributed by atoms with Crippen molar-refractivity contribution < 1.29 is 15.0 Å². The van der Waals surface area contributed by atoms with Gasteiger partial charge in [0.05, 0.1) is 6.10 Å². The van der Waals surface area contributed by atoms with Crippen molar-refractivity contribution in [1.29, 1.82) is 0 Å². The Labute approximate surface area is 77.2 Å². The molecule has 0 aromatic rings. The first kappa shape index (κ1) is 8.81. The second-order valence-electron chi connectivity index (χ2n) is 4.07. The van der Waals surface area contributed by atoms with E-state index in [1.54, 1.807) is 0 Å². The highest BCUT2D eigenvalue weighted by molar-refractivity contribution is 5.65. The summed E-state index contributed by atoms with van der Waals surface area (Å²) in [6.07, 6.45) is 2.33. The standard InChI is InChI=1S/C9H15NO3/c11-7-4-6-2-1-3-10(9(12)13)8(6)5-7/h6-8,11H,1-5H2,(H,12,13)/t6-,7?,8+/m0/s1. The van der Waals surface area contributed by atoms with Crippen LogP contribution in [0.4, 0.5) is 4.79 Å². The van der Waals surface area contributed by atoms with E-state index in [2.05, 4.69) is 0 Å². The van der Waals surface area contributed by atoms with Crippen LogP contribution in [0.2, 0.25) is 0 Å². The number of hydrogen-bond acceptors (Lipinski definition) is 2. The molecule has 1 aliphatic heterocycles. The minimum atomic E-state index is -0.830. The zero-order valence-electron chi connectivity index (χ0n) is 7.52. The molecule has 1 unspecified atom stereocenters. The van der Waals surface area contributed by atoms with Gasteiger partial charge in [0, 0.05) is 12.6 Å². The molecule has 0 bridgehead atoms. The Morgan fingerprint density at radius 1 is 1.38 bits per heavy atom. The Morgan fingerprint density at radius 3 is 2.85 bits per heavy atom. The van der Waals surface area contributed by atoms with Crippen LogP contribution in [0.25, 0.3) is 0 Å². The summed E-state index contributed by atoms with van der Waals surface area (Å²) in [5.41, 5.74) is 0. The maximum Gasteiger partial charge on any atom is 0.407 e. The van der Waals surface area contributed by atoms with Gasteiger partial charge in [-0.3, -0.25) is 0 Å². The number of likely N-dealkylation sites (tertiary alicyclic amines) is 1. The van der Waals surface area contributed by atoms with Crippen molar-refractivity contribution >= 4 is 6.09 Å². The summed E-state index contributed by atoms with van der Waals surface area (Å²) in [6.45, 7) is 0.642. The Bertz CT molecular complexity index is 219. The number of carbonyl (C=O) groups is 1. The lowest BCUT2D eigenvalue weighted by Crippen LogP contribution is -2.45. The summed E-state index contributed by atoms with van der Waals surface area (Å²) < 4.78 is 0. The highest BCUT2D eigenvalue weighted by atomic mass is 16.4. The van der Waals surface area contributed by atoms with Crippen molar-refractivity contribution in [2.75, 3.05) is 6.54 Å². The van der Waals surface area contributed by atoms with Crippen LogP contribution >= 0.6 is 0 Å². The van der Waals surface area contributed by atoms with Crippen LogP contribution in [-0.4, -0.2) is 39.9 Å². The first-order valence-electron chi connectivity index (χ1n) is 4.86. The number of fused-ring (bicyclic) bond motifs is 1. The summed E-state index contributed by atoms with van der Waals surface area (Å²) in [7, 11) is 0. The Morgan fingerprint density at radius 2 is 2.15 bits per heavy atom. The van der Waals surface area contributed by atoms with Gasteiger partial charge in [-0.15, -0.1) is 0 Å². The minimum absolute atomic E-state index is 0.0845. The molecular formula is C9H15NO3. The molecule has 3 atom stereocenters. The van der Waals surface area contributed by atoms with Crippen molar-refractivity contribution in [3.8, 4) is 0 Å². The molecule has 4 heteroatoms. The molecule has 0 aromatic heterocycles. The van der Waals surface area contributed by atoms with E-state index in [1.165, 1.54) is 4.90 Å². The number of aliphatic hydroxyl groups is 1. The number of aliphatic hydroxyl groups excluding tert-OH is 1. The third-order valence-corrected chi connectivity index (χ3v) is 3.25. The Balaban J connectivity index is 2.09. The average molecular weight is 185 g/mol. The highest BCUT2D eigenvalue weighted by Crippen LogP contribution is 2.36. The van der Waals surface area contributed by atoms with Crippen LogP contribution in [0.1, 0.15) is 25.7 Å². The molecule has 2 fully saturated rings. The normalized spacial score (nSPS) is 38.8. The van der Waals surface area contributed by atoms with Crippen molar-refractivity contribution in [2.24, 2.45) is 5.92 Å². The fourth-order valence-corrected chi connectivity index (χ4v) is 2.69. The van der Waals surface area contributed by atoms with E-state index in [0.29, 0.717) is 18.9 Å².